The van der Waals surface area contributed by atoms with Crippen LogP contribution in [0.25, 0.3) is 22.4 Å². The van der Waals surface area contributed by atoms with E-state index >= 15 is 0 Å². The lowest BCUT2D eigenvalue weighted by Gasteiger charge is -2.04. The van der Waals surface area contributed by atoms with Gasteiger partial charge in [0, 0.05) is 11.8 Å². The lowest BCUT2D eigenvalue weighted by molar-refractivity contribution is 0.297. The first-order chi connectivity index (χ1) is 12.5. The van der Waals surface area contributed by atoms with Crippen LogP contribution in [-0.2, 0) is 16.4 Å². The second-order valence-electron chi connectivity index (χ2n) is 5.75. The Morgan fingerprint density at radius 1 is 1.04 bits per heavy atom. The van der Waals surface area contributed by atoms with E-state index in [9.17, 15) is 8.42 Å². The molecule has 2 N–H and O–H groups in total. The van der Waals surface area contributed by atoms with Crippen molar-refractivity contribution < 1.29 is 13.2 Å². The zero-order valence-electron chi connectivity index (χ0n) is 13.8. The first kappa shape index (κ1) is 16.3. The van der Waals surface area contributed by atoms with Gasteiger partial charge in [0.05, 0.1) is 11.0 Å². The van der Waals surface area contributed by atoms with Gasteiger partial charge in [-0.15, -0.1) is 0 Å². The van der Waals surface area contributed by atoms with Crippen molar-refractivity contribution in [2.45, 2.75) is 11.8 Å². The molecule has 0 aliphatic heterocycles. The summed E-state index contributed by atoms with van der Waals surface area (Å²) >= 11 is 0. The van der Waals surface area contributed by atoms with E-state index in [1.165, 1.54) is 0 Å². The number of rotatable bonds is 5. The van der Waals surface area contributed by atoms with Crippen molar-refractivity contribution in [3.8, 4) is 17.1 Å². The SMILES string of the molecule is CS(=O)(=O)c1nc(-c2ccc(OCc3nc4ccccc4[nH]3)cc2)n[nH]1. The highest BCUT2D eigenvalue weighted by Gasteiger charge is 2.14. The number of aromatic nitrogens is 5. The van der Waals surface area contributed by atoms with Crippen LogP contribution in [0.15, 0.2) is 53.7 Å². The van der Waals surface area contributed by atoms with E-state index in [2.05, 4.69) is 25.1 Å². The molecule has 0 aliphatic rings. The number of H-pyrrole nitrogens is 2. The number of sulfone groups is 1. The van der Waals surface area contributed by atoms with Crippen LogP contribution in [0, 0.1) is 0 Å². The number of hydrogen-bond donors (Lipinski definition) is 2. The van der Waals surface area contributed by atoms with Crippen molar-refractivity contribution in [3.05, 3.63) is 54.4 Å². The van der Waals surface area contributed by atoms with E-state index in [-0.39, 0.29) is 5.16 Å². The Labute approximate surface area is 149 Å². The van der Waals surface area contributed by atoms with Gasteiger partial charge >= 0.3 is 0 Å². The highest BCUT2D eigenvalue weighted by molar-refractivity contribution is 7.90. The Hall–Kier alpha value is -3.20. The molecule has 0 saturated carbocycles. The van der Waals surface area contributed by atoms with E-state index in [4.69, 9.17) is 4.74 Å². The fraction of sp³-hybridized carbons (Fsp3) is 0.118. The summed E-state index contributed by atoms with van der Waals surface area (Å²) in [5.41, 5.74) is 2.55. The molecule has 2 aromatic carbocycles. The molecule has 4 aromatic rings. The van der Waals surface area contributed by atoms with Crippen LogP contribution in [0.4, 0.5) is 0 Å². The van der Waals surface area contributed by atoms with Gasteiger partial charge in [-0.25, -0.2) is 18.5 Å². The maximum Gasteiger partial charge on any atom is 0.243 e. The number of para-hydroxylation sites is 2. The number of imidazole rings is 1. The number of nitrogens with zero attached hydrogens (tertiary/aromatic N) is 3. The van der Waals surface area contributed by atoms with E-state index in [1.54, 1.807) is 24.3 Å². The summed E-state index contributed by atoms with van der Waals surface area (Å²) in [4.78, 5) is 11.6. The first-order valence-electron chi connectivity index (χ1n) is 7.78. The summed E-state index contributed by atoms with van der Waals surface area (Å²) in [6.07, 6.45) is 1.08. The van der Waals surface area contributed by atoms with Crippen molar-refractivity contribution >= 4 is 20.9 Å². The highest BCUT2D eigenvalue weighted by Crippen LogP contribution is 2.21. The van der Waals surface area contributed by atoms with Crippen LogP contribution in [0.5, 0.6) is 5.75 Å². The topological polar surface area (TPSA) is 114 Å². The predicted octanol–water partition coefficient (Wildman–Crippen LogP) is 2.33. The summed E-state index contributed by atoms with van der Waals surface area (Å²) < 4.78 is 28.6. The molecule has 0 fully saturated rings. The summed E-state index contributed by atoms with van der Waals surface area (Å²) in [7, 11) is -3.41. The predicted molar refractivity (Wildman–Crippen MR) is 95.4 cm³/mol. The summed E-state index contributed by atoms with van der Waals surface area (Å²) in [5.74, 6) is 1.71. The Kier molecular flexibility index (Phi) is 3.92. The maximum atomic E-state index is 11.5. The van der Waals surface area contributed by atoms with Crippen molar-refractivity contribution in [1.82, 2.24) is 25.1 Å². The number of hydrogen-bond acceptors (Lipinski definition) is 6. The van der Waals surface area contributed by atoms with Gasteiger partial charge in [0.15, 0.2) is 5.82 Å². The molecule has 8 nitrogen and oxygen atoms in total. The monoisotopic (exact) mass is 369 g/mol. The van der Waals surface area contributed by atoms with Crippen LogP contribution in [0.1, 0.15) is 5.82 Å². The van der Waals surface area contributed by atoms with Crippen LogP contribution < -0.4 is 4.74 Å². The zero-order chi connectivity index (χ0) is 18.1. The third-order valence-corrected chi connectivity index (χ3v) is 4.63. The molecule has 132 valence electrons. The van der Waals surface area contributed by atoms with Gasteiger partial charge in [-0.05, 0) is 36.4 Å². The molecule has 2 heterocycles. The highest BCUT2D eigenvalue weighted by atomic mass is 32.2. The van der Waals surface area contributed by atoms with Crippen LogP contribution in [0.3, 0.4) is 0 Å². The van der Waals surface area contributed by atoms with Gasteiger partial charge in [0.25, 0.3) is 0 Å². The standard InChI is InChI=1S/C17H15N5O3S/c1-26(23,24)17-20-16(21-22-17)11-6-8-12(9-7-11)25-10-15-18-13-4-2-3-5-14(13)19-15/h2-9H,10H2,1H3,(H,18,19)(H,20,21,22). The molecule has 0 spiro atoms. The number of ether oxygens (including phenoxy) is 1. The maximum absolute atomic E-state index is 11.5. The molecule has 4 rings (SSSR count). The van der Waals surface area contributed by atoms with E-state index in [1.807, 2.05) is 24.3 Å². The molecule has 9 heteroatoms. The van der Waals surface area contributed by atoms with Crippen molar-refractivity contribution in [3.63, 3.8) is 0 Å². The third-order valence-electron chi connectivity index (χ3n) is 3.74. The first-order valence-corrected chi connectivity index (χ1v) is 9.67. The molecular weight excluding hydrogens is 354 g/mol. The van der Waals surface area contributed by atoms with Crippen LogP contribution >= 0.6 is 0 Å². The number of fused-ring (bicyclic) bond motifs is 1. The van der Waals surface area contributed by atoms with Crippen molar-refractivity contribution in [2.75, 3.05) is 6.26 Å². The minimum Gasteiger partial charge on any atom is -0.486 e. The van der Waals surface area contributed by atoms with Gasteiger partial charge in [0.1, 0.15) is 18.2 Å². The average Bonchev–Trinajstić information content (AvgIpc) is 3.27. The average molecular weight is 369 g/mol. The normalized spacial score (nSPS) is 11.7. The molecule has 0 radical (unpaired) electrons. The number of nitrogens with one attached hydrogen (secondary N) is 2. The quantitative estimate of drug-likeness (QED) is 0.558. The Morgan fingerprint density at radius 3 is 2.50 bits per heavy atom. The fourth-order valence-corrected chi connectivity index (χ4v) is 2.93. The zero-order valence-corrected chi connectivity index (χ0v) is 14.6. The second-order valence-corrected chi connectivity index (χ2v) is 7.68. The second kappa shape index (κ2) is 6.26. The number of aromatic amines is 2. The summed E-state index contributed by atoms with van der Waals surface area (Å²) in [5, 5.41) is 6.20. The summed E-state index contributed by atoms with van der Waals surface area (Å²) in [6.45, 7) is 0.312. The summed E-state index contributed by atoms with van der Waals surface area (Å²) in [6, 6.07) is 14.9. The molecule has 0 bridgehead atoms. The molecule has 26 heavy (non-hydrogen) atoms. The minimum absolute atomic E-state index is 0.155. The van der Waals surface area contributed by atoms with E-state index in [0.717, 1.165) is 23.1 Å². The molecular formula is C17H15N5O3S. The Morgan fingerprint density at radius 2 is 1.81 bits per heavy atom. The van der Waals surface area contributed by atoms with Gasteiger partial charge in [-0.3, -0.25) is 0 Å². The van der Waals surface area contributed by atoms with Crippen molar-refractivity contribution in [1.29, 1.82) is 0 Å². The molecule has 0 aliphatic carbocycles. The number of benzene rings is 2. The van der Waals surface area contributed by atoms with Crippen LogP contribution in [0.2, 0.25) is 0 Å². The van der Waals surface area contributed by atoms with E-state index in [0.29, 0.717) is 23.7 Å². The van der Waals surface area contributed by atoms with Crippen LogP contribution in [-0.4, -0.2) is 39.8 Å². The Balaban J connectivity index is 1.46. The van der Waals surface area contributed by atoms with E-state index < -0.39 is 9.84 Å². The Bertz CT molecular complexity index is 1130. The molecule has 0 amide bonds. The van der Waals surface area contributed by atoms with Gasteiger partial charge in [0.2, 0.25) is 15.0 Å². The molecule has 2 aromatic heterocycles. The molecule has 0 unspecified atom stereocenters. The van der Waals surface area contributed by atoms with Gasteiger partial charge in [-0.1, -0.05) is 12.1 Å². The lowest BCUT2D eigenvalue weighted by Crippen LogP contribution is -1.99. The largest absolute Gasteiger partial charge is 0.486 e. The third kappa shape index (κ3) is 3.29. The lowest BCUT2D eigenvalue weighted by atomic mass is 10.2. The van der Waals surface area contributed by atoms with Gasteiger partial charge < -0.3 is 9.72 Å². The smallest absolute Gasteiger partial charge is 0.243 e. The van der Waals surface area contributed by atoms with Crippen molar-refractivity contribution in [2.24, 2.45) is 0 Å². The molecule has 0 saturated heterocycles. The van der Waals surface area contributed by atoms with Gasteiger partial charge in [-0.2, -0.15) is 10.1 Å². The molecule has 0 atom stereocenters. The fourth-order valence-electron chi connectivity index (χ4n) is 2.47. The minimum atomic E-state index is -3.41.